The van der Waals surface area contributed by atoms with Gasteiger partial charge in [0.25, 0.3) is 5.91 Å². The van der Waals surface area contributed by atoms with Crippen LogP contribution in [-0.2, 0) is 0 Å². The van der Waals surface area contributed by atoms with Gasteiger partial charge < -0.3 is 15.4 Å². The number of carbonyl (C=O) groups excluding carboxylic acids is 1. The molecule has 0 unspecified atom stereocenters. The zero-order valence-corrected chi connectivity index (χ0v) is 10.7. The summed E-state index contributed by atoms with van der Waals surface area (Å²) in [5.41, 5.74) is 0.922. The highest BCUT2D eigenvalue weighted by atomic mass is 35.5. The Morgan fingerprint density at radius 2 is 2.16 bits per heavy atom. The number of aryl methyl sites for hydroxylation is 1. The first kappa shape index (κ1) is 13.1. The maximum absolute atomic E-state index is 11.9. The average Bonchev–Trinajstić information content (AvgIpc) is 2.83. The van der Waals surface area contributed by atoms with E-state index in [1.54, 1.807) is 18.2 Å². The van der Waals surface area contributed by atoms with Crippen LogP contribution in [0.4, 0.5) is 5.69 Å². The number of anilines is 1. The lowest BCUT2D eigenvalue weighted by molar-refractivity contribution is 0.0686. The summed E-state index contributed by atoms with van der Waals surface area (Å²) in [6.07, 6.45) is 1.15. The van der Waals surface area contributed by atoms with Gasteiger partial charge >= 0.3 is 5.97 Å². The number of halogens is 1. The van der Waals surface area contributed by atoms with Crippen LogP contribution in [0.1, 0.15) is 26.5 Å². The Morgan fingerprint density at radius 3 is 2.79 bits per heavy atom. The van der Waals surface area contributed by atoms with Gasteiger partial charge in [0.15, 0.2) is 11.4 Å². The number of carboxylic acids is 1. The molecule has 7 heteroatoms. The number of hydrogen-bond acceptors (Lipinski definition) is 3. The molecule has 1 heterocycles. The molecule has 0 spiro atoms. The van der Waals surface area contributed by atoms with Crippen molar-refractivity contribution in [1.82, 2.24) is 9.97 Å². The van der Waals surface area contributed by atoms with Crippen LogP contribution in [0.15, 0.2) is 24.5 Å². The first-order chi connectivity index (χ1) is 8.99. The molecule has 0 aliphatic rings. The number of aromatic carboxylic acids is 1. The van der Waals surface area contributed by atoms with Gasteiger partial charge in [-0.3, -0.25) is 4.79 Å². The highest BCUT2D eigenvalue weighted by Crippen LogP contribution is 2.20. The molecule has 0 atom stereocenters. The molecule has 0 saturated heterocycles. The van der Waals surface area contributed by atoms with E-state index >= 15 is 0 Å². The number of hydrogen-bond donors (Lipinski definition) is 3. The van der Waals surface area contributed by atoms with Crippen molar-refractivity contribution < 1.29 is 14.7 Å². The number of nitrogens with one attached hydrogen (secondary N) is 2. The van der Waals surface area contributed by atoms with Gasteiger partial charge in [0.05, 0.1) is 6.33 Å². The van der Waals surface area contributed by atoms with E-state index in [0.29, 0.717) is 10.7 Å². The Morgan fingerprint density at radius 1 is 1.42 bits per heavy atom. The average molecular weight is 280 g/mol. The molecule has 19 heavy (non-hydrogen) atoms. The van der Waals surface area contributed by atoms with Crippen molar-refractivity contribution in [1.29, 1.82) is 0 Å². The van der Waals surface area contributed by atoms with Gasteiger partial charge in [0.1, 0.15) is 0 Å². The maximum Gasteiger partial charge on any atom is 0.354 e. The molecule has 3 N–H and O–H groups in total. The van der Waals surface area contributed by atoms with Crippen LogP contribution in [0.5, 0.6) is 0 Å². The molecule has 2 rings (SSSR count). The quantitative estimate of drug-likeness (QED) is 0.803. The fraction of sp³-hybridized carbons (Fsp3) is 0.0833. The monoisotopic (exact) mass is 279 g/mol. The molecular formula is C12H10ClN3O3. The summed E-state index contributed by atoms with van der Waals surface area (Å²) in [7, 11) is 0. The number of amides is 1. The summed E-state index contributed by atoms with van der Waals surface area (Å²) in [6, 6.07) is 5.01. The second kappa shape index (κ2) is 5.11. The molecule has 98 valence electrons. The van der Waals surface area contributed by atoms with Gasteiger partial charge in [-0.25, -0.2) is 9.78 Å². The molecule has 0 saturated carbocycles. The number of carbonyl (C=O) groups is 2. The minimum absolute atomic E-state index is 0.177. The Balaban J connectivity index is 2.23. The summed E-state index contributed by atoms with van der Waals surface area (Å²) in [4.78, 5) is 28.8. The van der Waals surface area contributed by atoms with Crippen LogP contribution in [0, 0.1) is 6.92 Å². The summed E-state index contributed by atoms with van der Waals surface area (Å²) >= 11 is 5.94. The normalized spacial score (nSPS) is 10.2. The molecule has 0 aliphatic carbocycles. The second-order valence-electron chi connectivity index (χ2n) is 3.85. The molecule has 2 aromatic rings. The van der Waals surface area contributed by atoms with E-state index in [-0.39, 0.29) is 11.4 Å². The molecule has 0 aliphatic heterocycles. The summed E-state index contributed by atoms with van der Waals surface area (Å²) in [6.45, 7) is 1.84. The molecule has 1 aromatic heterocycles. The Labute approximate surface area is 113 Å². The third kappa shape index (κ3) is 2.74. The van der Waals surface area contributed by atoms with Crippen molar-refractivity contribution in [3.05, 3.63) is 46.5 Å². The zero-order chi connectivity index (χ0) is 14.0. The lowest BCUT2D eigenvalue weighted by atomic mass is 10.2. The fourth-order valence-electron chi connectivity index (χ4n) is 1.49. The molecule has 0 bridgehead atoms. The van der Waals surface area contributed by atoms with Crippen LogP contribution in [0.3, 0.4) is 0 Å². The lowest BCUT2D eigenvalue weighted by Crippen LogP contribution is -2.16. The van der Waals surface area contributed by atoms with Gasteiger partial charge in [0, 0.05) is 10.7 Å². The number of rotatable bonds is 3. The smallest absolute Gasteiger partial charge is 0.354 e. The number of aromatic amines is 1. The van der Waals surface area contributed by atoms with Crippen LogP contribution in [0.25, 0.3) is 0 Å². The largest absolute Gasteiger partial charge is 0.477 e. The van der Waals surface area contributed by atoms with E-state index in [4.69, 9.17) is 16.7 Å². The highest BCUT2D eigenvalue weighted by molar-refractivity contribution is 6.31. The Kier molecular flexibility index (Phi) is 3.52. The van der Waals surface area contributed by atoms with Gasteiger partial charge in [-0.2, -0.15) is 0 Å². The predicted octanol–water partition coefficient (Wildman–Crippen LogP) is 2.32. The molecular weight excluding hydrogens is 270 g/mol. The van der Waals surface area contributed by atoms with E-state index in [1.165, 1.54) is 0 Å². The maximum atomic E-state index is 11.9. The van der Waals surface area contributed by atoms with Crippen molar-refractivity contribution in [2.45, 2.75) is 6.92 Å². The first-order valence-electron chi connectivity index (χ1n) is 5.33. The molecule has 0 fully saturated rings. The zero-order valence-electron chi connectivity index (χ0n) is 9.90. The number of carboxylic acid groups (broad SMARTS) is 1. The van der Waals surface area contributed by atoms with E-state index < -0.39 is 11.9 Å². The van der Waals surface area contributed by atoms with Crippen molar-refractivity contribution in [2.75, 3.05) is 5.32 Å². The molecule has 1 aromatic carbocycles. The Bertz CT molecular complexity index is 651. The third-order valence-electron chi connectivity index (χ3n) is 2.50. The Hall–Kier alpha value is -2.34. The van der Waals surface area contributed by atoms with Crippen molar-refractivity contribution in [2.24, 2.45) is 0 Å². The highest BCUT2D eigenvalue weighted by Gasteiger charge is 2.19. The second-order valence-corrected chi connectivity index (χ2v) is 4.26. The molecule has 6 nitrogen and oxygen atoms in total. The van der Waals surface area contributed by atoms with Gasteiger partial charge in [-0.1, -0.05) is 17.7 Å². The van der Waals surface area contributed by atoms with Gasteiger partial charge in [0.2, 0.25) is 0 Å². The minimum Gasteiger partial charge on any atom is -0.477 e. The van der Waals surface area contributed by atoms with Crippen LogP contribution < -0.4 is 5.32 Å². The van der Waals surface area contributed by atoms with Crippen molar-refractivity contribution in [3.63, 3.8) is 0 Å². The van der Waals surface area contributed by atoms with E-state index in [0.717, 1.165) is 11.9 Å². The van der Waals surface area contributed by atoms with Crippen molar-refractivity contribution in [3.8, 4) is 0 Å². The molecule has 1 amide bonds. The first-order valence-corrected chi connectivity index (χ1v) is 5.71. The van der Waals surface area contributed by atoms with Gasteiger partial charge in [-0.15, -0.1) is 0 Å². The summed E-state index contributed by atoms with van der Waals surface area (Å²) in [5, 5.41) is 11.9. The van der Waals surface area contributed by atoms with E-state index in [2.05, 4.69) is 15.3 Å². The number of benzene rings is 1. The molecule has 0 radical (unpaired) electrons. The standard InChI is InChI=1S/C12H10ClN3O3/c1-6-2-3-7(4-8(6)13)16-11(17)9-10(12(18)19)15-5-14-9/h2-5H,1H3,(H,14,15)(H,16,17)(H,18,19). The predicted molar refractivity (Wildman–Crippen MR) is 69.7 cm³/mol. The number of H-pyrrole nitrogens is 1. The topological polar surface area (TPSA) is 95.1 Å². The summed E-state index contributed by atoms with van der Waals surface area (Å²) < 4.78 is 0. The van der Waals surface area contributed by atoms with Crippen LogP contribution >= 0.6 is 11.6 Å². The summed E-state index contributed by atoms with van der Waals surface area (Å²) in [5.74, 6) is -1.86. The van der Waals surface area contributed by atoms with Crippen LogP contribution in [0.2, 0.25) is 5.02 Å². The van der Waals surface area contributed by atoms with E-state index in [1.807, 2.05) is 6.92 Å². The van der Waals surface area contributed by atoms with Crippen molar-refractivity contribution >= 4 is 29.2 Å². The number of imidazole rings is 1. The van der Waals surface area contributed by atoms with Crippen LogP contribution in [-0.4, -0.2) is 27.0 Å². The lowest BCUT2D eigenvalue weighted by Gasteiger charge is -2.05. The number of nitrogens with zero attached hydrogens (tertiary/aromatic N) is 1. The minimum atomic E-state index is -1.25. The fourth-order valence-corrected chi connectivity index (χ4v) is 1.67. The SMILES string of the molecule is Cc1ccc(NC(=O)c2nc[nH]c2C(=O)O)cc1Cl. The van der Waals surface area contributed by atoms with E-state index in [9.17, 15) is 9.59 Å². The van der Waals surface area contributed by atoms with Gasteiger partial charge in [-0.05, 0) is 24.6 Å². The number of aromatic nitrogens is 2. The third-order valence-corrected chi connectivity index (χ3v) is 2.91.